The molecular weight excluding hydrogens is 222 g/mol. The first-order valence-corrected chi connectivity index (χ1v) is 6.94. The van der Waals surface area contributed by atoms with Gasteiger partial charge in [0.25, 0.3) is 0 Å². The Bertz CT molecular complexity index is 321. The van der Waals surface area contributed by atoms with Gasteiger partial charge in [-0.15, -0.1) is 0 Å². The van der Waals surface area contributed by atoms with Crippen LogP contribution >= 0.6 is 0 Å². The van der Waals surface area contributed by atoms with Gasteiger partial charge in [0.15, 0.2) is 0 Å². The highest BCUT2D eigenvalue weighted by molar-refractivity contribution is 5.19. The Labute approximate surface area is 112 Å². The minimum absolute atomic E-state index is 0.0432. The highest BCUT2D eigenvalue weighted by Crippen LogP contribution is 2.23. The third-order valence-electron chi connectivity index (χ3n) is 3.20. The molecule has 0 bridgehead atoms. The van der Waals surface area contributed by atoms with Crippen molar-refractivity contribution < 1.29 is 4.74 Å². The number of benzene rings is 1. The van der Waals surface area contributed by atoms with E-state index < -0.39 is 0 Å². The van der Waals surface area contributed by atoms with E-state index >= 15 is 0 Å². The number of ether oxygens (including phenoxy) is 1. The van der Waals surface area contributed by atoms with Crippen molar-refractivity contribution in [1.82, 2.24) is 0 Å². The molecule has 0 aliphatic rings. The number of nitrogens with two attached hydrogens (primary N) is 1. The van der Waals surface area contributed by atoms with Gasteiger partial charge in [0.2, 0.25) is 0 Å². The van der Waals surface area contributed by atoms with E-state index in [1.807, 2.05) is 18.2 Å². The lowest BCUT2D eigenvalue weighted by Crippen LogP contribution is -2.33. The van der Waals surface area contributed by atoms with Crippen LogP contribution in [0, 0.1) is 11.8 Å². The Morgan fingerprint density at radius 2 is 1.67 bits per heavy atom. The molecule has 1 aromatic rings. The van der Waals surface area contributed by atoms with Gasteiger partial charge in [0.1, 0.15) is 0 Å². The van der Waals surface area contributed by atoms with Crippen LogP contribution in [0.4, 0.5) is 0 Å². The van der Waals surface area contributed by atoms with Crippen LogP contribution in [-0.4, -0.2) is 12.7 Å². The molecule has 2 N–H and O–H groups in total. The SMILES string of the molecule is CC(C)CCOC(C(C)C)C(N)c1ccccc1. The molecule has 0 heterocycles. The minimum atomic E-state index is -0.0432. The Morgan fingerprint density at radius 3 is 2.17 bits per heavy atom. The van der Waals surface area contributed by atoms with Crippen molar-refractivity contribution in [2.75, 3.05) is 6.61 Å². The molecule has 0 radical (unpaired) electrons. The summed E-state index contributed by atoms with van der Waals surface area (Å²) >= 11 is 0. The molecule has 18 heavy (non-hydrogen) atoms. The van der Waals surface area contributed by atoms with Crippen molar-refractivity contribution in [3.05, 3.63) is 35.9 Å². The number of rotatable bonds is 7. The lowest BCUT2D eigenvalue weighted by atomic mass is 9.94. The van der Waals surface area contributed by atoms with Crippen LogP contribution in [-0.2, 0) is 4.74 Å². The van der Waals surface area contributed by atoms with Crippen molar-refractivity contribution in [3.8, 4) is 0 Å². The molecule has 0 aliphatic heterocycles. The van der Waals surface area contributed by atoms with Gasteiger partial charge in [-0.2, -0.15) is 0 Å². The zero-order valence-corrected chi connectivity index (χ0v) is 12.1. The van der Waals surface area contributed by atoms with Crippen molar-refractivity contribution in [2.24, 2.45) is 17.6 Å². The zero-order chi connectivity index (χ0) is 13.5. The fourth-order valence-electron chi connectivity index (χ4n) is 2.02. The van der Waals surface area contributed by atoms with E-state index in [2.05, 4.69) is 39.8 Å². The minimum Gasteiger partial charge on any atom is -0.376 e. The third-order valence-corrected chi connectivity index (χ3v) is 3.20. The van der Waals surface area contributed by atoms with E-state index in [1.54, 1.807) is 0 Å². The highest BCUT2D eigenvalue weighted by atomic mass is 16.5. The summed E-state index contributed by atoms with van der Waals surface area (Å²) in [5.74, 6) is 1.10. The van der Waals surface area contributed by atoms with E-state index in [-0.39, 0.29) is 12.1 Å². The number of hydrogen-bond donors (Lipinski definition) is 1. The Balaban J connectivity index is 2.61. The Morgan fingerprint density at radius 1 is 1.06 bits per heavy atom. The molecular formula is C16H27NO. The van der Waals surface area contributed by atoms with Gasteiger partial charge in [-0.1, -0.05) is 58.0 Å². The zero-order valence-electron chi connectivity index (χ0n) is 12.1. The van der Waals surface area contributed by atoms with Gasteiger partial charge in [-0.05, 0) is 23.8 Å². The maximum absolute atomic E-state index is 6.33. The van der Waals surface area contributed by atoms with Crippen LogP contribution < -0.4 is 5.73 Å². The molecule has 0 aliphatic carbocycles. The largest absolute Gasteiger partial charge is 0.376 e. The lowest BCUT2D eigenvalue weighted by Gasteiger charge is -2.28. The predicted octanol–water partition coefficient (Wildman–Crippen LogP) is 3.77. The first-order valence-electron chi connectivity index (χ1n) is 6.94. The standard InChI is InChI=1S/C16H27NO/c1-12(2)10-11-18-16(13(3)4)15(17)14-8-6-5-7-9-14/h5-9,12-13,15-16H,10-11,17H2,1-4H3. The van der Waals surface area contributed by atoms with E-state index in [1.165, 1.54) is 0 Å². The van der Waals surface area contributed by atoms with Crippen molar-refractivity contribution >= 4 is 0 Å². The Hall–Kier alpha value is -0.860. The summed E-state index contributed by atoms with van der Waals surface area (Å²) in [6.45, 7) is 9.56. The van der Waals surface area contributed by atoms with Gasteiger partial charge in [-0.25, -0.2) is 0 Å². The number of hydrogen-bond acceptors (Lipinski definition) is 2. The summed E-state index contributed by atoms with van der Waals surface area (Å²) in [4.78, 5) is 0. The molecule has 1 rings (SSSR count). The molecule has 102 valence electrons. The molecule has 2 atom stereocenters. The second-order valence-electron chi connectivity index (χ2n) is 5.70. The van der Waals surface area contributed by atoms with Crippen LogP contribution in [0.2, 0.25) is 0 Å². The third kappa shape index (κ3) is 4.79. The van der Waals surface area contributed by atoms with Crippen molar-refractivity contribution in [3.63, 3.8) is 0 Å². The summed E-state index contributed by atoms with van der Waals surface area (Å²) in [5.41, 5.74) is 7.49. The van der Waals surface area contributed by atoms with Crippen molar-refractivity contribution in [1.29, 1.82) is 0 Å². The van der Waals surface area contributed by atoms with E-state index in [4.69, 9.17) is 10.5 Å². The lowest BCUT2D eigenvalue weighted by molar-refractivity contribution is -0.000175. The fourth-order valence-corrected chi connectivity index (χ4v) is 2.02. The molecule has 0 fully saturated rings. The quantitative estimate of drug-likeness (QED) is 0.798. The maximum atomic E-state index is 6.33. The van der Waals surface area contributed by atoms with Crippen LogP contribution in [0.5, 0.6) is 0 Å². The molecule has 0 saturated carbocycles. The second-order valence-corrected chi connectivity index (χ2v) is 5.70. The Kier molecular flexibility index (Phi) is 6.37. The molecule has 2 unspecified atom stereocenters. The summed E-state index contributed by atoms with van der Waals surface area (Å²) in [6.07, 6.45) is 1.18. The van der Waals surface area contributed by atoms with Crippen LogP contribution in [0.25, 0.3) is 0 Å². The molecule has 0 aromatic heterocycles. The smallest absolute Gasteiger partial charge is 0.0790 e. The first kappa shape index (κ1) is 15.2. The average Bonchev–Trinajstić information content (AvgIpc) is 2.34. The average molecular weight is 249 g/mol. The van der Waals surface area contributed by atoms with Gasteiger partial charge < -0.3 is 10.5 Å². The second kappa shape index (κ2) is 7.55. The molecule has 2 nitrogen and oxygen atoms in total. The molecule has 0 spiro atoms. The first-order chi connectivity index (χ1) is 8.52. The van der Waals surface area contributed by atoms with Gasteiger partial charge >= 0.3 is 0 Å². The van der Waals surface area contributed by atoms with Crippen molar-refractivity contribution in [2.45, 2.75) is 46.3 Å². The summed E-state index contributed by atoms with van der Waals surface area (Å²) in [5, 5.41) is 0. The maximum Gasteiger partial charge on any atom is 0.0790 e. The molecule has 1 aromatic carbocycles. The predicted molar refractivity (Wildman–Crippen MR) is 77.4 cm³/mol. The van der Waals surface area contributed by atoms with E-state index in [0.717, 1.165) is 18.6 Å². The van der Waals surface area contributed by atoms with E-state index in [0.29, 0.717) is 11.8 Å². The van der Waals surface area contributed by atoms with E-state index in [9.17, 15) is 0 Å². The molecule has 2 heteroatoms. The van der Waals surface area contributed by atoms with Gasteiger partial charge in [0, 0.05) is 6.61 Å². The highest BCUT2D eigenvalue weighted by Gasteiger charge is 2.23. The summed E-state index contributed by atoms with van der Waals surface area (Å²) in [7, 11) is 0. The molecule has 0 saturated heterocycles. The van der Waals surface area contributed by atoms with Crippen LogP contribution in [0.3, 0.4) is 0 Å². The van der Waals surface area contributed by atoms with Crippen LogP contribution in [0.15, 0.2) is 30.3 Å². The molecule has 0 amide bonds. The summed E-state index contributed by atoms with van der Waals surface area (Å²) < 4.78 is 6.01. The fraction of sp³-hybridized carbons (Fsp3) is 0.625. The van der Waals surface area contributed by atoms with Gasteiger partial charge in [-0.3, -0.25) is 0 Å². The summed E-state index contributed by atoms with van der Waals surface area (Å²) in [6, 6.07) is 10.2. The van der Waals surface area contributed by atoms with Crippen LogP contribution in [0.1, 0.15) is 45.7 Å². The monoisotopic (exact) mass is 249 g/mol. The van der Waals surface area contributed by atoms with Gasteiger partial charge in [0.05, 0.1) is 12.1 Å². The normalized spacial score (nSPS) is 15.1. The topological polar surface area (TPSA) is 35.2 Å².